The Morgan fingerprint density at radius 1 is 0.985 bits per heavy atom. The Kier molecular flexibility index (Phi) is 14.7. The van der Waals surface area contributed by atoms with Crippen molar-refractivity contribution in [2.24, 2.45) is 22.8 Å². The highest BCUT2D eigenvalue weighted by Gasteiger charge is 2.45. The minimum Gasteiger partial charge on any atom is -0.491 e. The van der Waals surface area contributed by atoms with Gasteiger partial charge in [-0.1, -0.05) is 75.4 Å². The number of Topliss-reactive ketones (excluding diaryl/α,β-unsaturated/α-hetero) is 1. The largest absolute Gasteiger partial charge is 0.491 e. The molecular formula is C50H61N7O8S. The molecular weight excluding hydrogens is 859 g/mol. The highest BCUT2D eigenvalue weighted by molar-refractivity contribution is 7.13. The minimum absolute atomic E-state index is 0.000533. The summed E-state index contributed by atoms with van der Waals surface area (Å²) < 4.78 is 6.15. The van der Waals surface area contributed by atoms with E-state index in [1.54, 1.807) is 35.6 Å². The van der Waals surface area contributed by atoms with E-state index in [0.717, 1.165) is 38.5 Å². The fourth-order valence-electron chi connectivity index (χ4n) is 9.31. The first-order chi connectivity index (χ1) is 31.4. The summed E-state index contributed by atoms with van der Waals surface area (Å²) in [5.41, 5.74) is 19.0. The third-order valence-corrected chi connectivity index (χ3v) is 14.0. The number of ether oxygens (including phenoxy) is 1. The van der Waals surface area contributed by atoms with Gasteiger partial charge in [0.1, 0.15) is 30.2 Å². The molecule has 1 aromatic heterocycles. The number of primary amides is 1. The van der Waals surface area contributed by atoms with Crippen molar-refractivity contribution in [1.82, 2.24) is 20.5 Å². The zero-order valence-corrected chi connectivity index (χ0v) is 39.1. The van der Waals surface area contributed by atoms with Gasteiger partial charge in [-0.3, -0.25) is 33.7 Å². The van der Waals surface area contributed by atoms with Gasteiger partial charge >= 0.3 is 0 Å². The van der Waals surface area contributed by atoms with Crippen LogP contribution >= 0.6 is 11.3 Å². The minimum atomic E-state index is -0.906. The monoisotopic (exact) mass is 919 g/mol. The molecule has 4 heterocycles. The van der Waals surface area contributed by atoms with E-state index < -0.39 is 53.4 Å². The molecule has 16 heteroatoms. The van der Waals surface area contributed by atoms with E-state index in [-0.39, 0.29) is 74.8 Å². The van der Waals surface area contributed by atoms with Gasteiger partial charge in [0.05, 0.1) is 46.0 Å². The number of aromatic nitrogens is 1. The van der Waals surface area contributed by atoms with Crippen LogP contribution in [0.5, 0.6) is 5.75 Å². The number of nitrogens with zero attached hydrogens (tertiary/aromatic N) is 3. The number of carbonyl (C=O) groups is 6. The Bertz CT molecular complexity index is 2470. The first kappa shape index (κ1) is 48.0. The zero-order chi connectivity index (χ0) is 47.4. The number of para-hydroxylation sites is 1. The van der Waals surface area contributed by atoms with Crippen molar-refractivity contribution < 1.29 is 38.6 Å². The second kappa shape index (κ2) is 20.3. The van der Waals surface area contributed by atoms with Gasteiger partial charge in [-0.25, -0.2) is 4.98 Å². The quantitative estimate of drug-likeness (QED) is 0.0998. The molecule has 0 radical (unpaired) electrons. The van der Waals surface area contributed by atoms with Gasteiger partial charge < -0.3 is 36.8 Å². The number of aliphatic hydroxyl groups is 1. The van der Waals surface area contributed by atoms with Crippen molar-refractivity contribution in [2.45, 2.75) is 122 Å². The normalized spacial score (nSPS) is 20.5. The third kappa shape index (κ3) is 11.0. The van der Waals surface area contributed by atoms with Crippen LogP contribution in [0.4, 0.5) is 5.69 Å². The molecule has 5 amide bonds. The van der Waals surface area contributed by atoms with E-state index in [2.05, 4.69) is 15.6 Å². The first-order valence-electron chi connectivity index (χ1n) is 22.7. The predicted octanol–water partition coefficient (Wildman–Crippen LogP) is 4.48. The summed E-state index contributed by atoms with van der Waals surface area (Å²) in [6.45, 7) is 9.45. The number of β-amino-alcohol motifs (C(OH)–C–C–N with tert-alkyl or cyclic N) is 1. The van der Waals surface area contributed by atoms with E-state index in [0.29, 0.717) is 30.6 Å². The van der Waals surface area contributed by atoms with Gasteiger partial charge in [0.25, 0.3) is 0 Å². The van der Waals surface area contributed by atoms with Crippen LogP contribution in [-0.4, -0.2) is 93.7 Å². The summed E-state index contributed by atoms with van der Waals surface area (Å²) in [6.07, 6.45) is 0.721. The molecule has 3 aliphatic heterocycles. The topological polar surface area (TPSA) is 227 Å². The van der Waals surface area contributed by atoms with Crippen molar-refractivity contribution in [1.29, 1.82) is 0 Å². The maximum absolute atomic E-state index is 14.4. The van der Waals surface area contributed by atoms with E-state index >= 15 is 0 Å². The van der Waals surface area contributed by atoms with Crippen LogP contribution in [0, 0.1) is 18.3 Å². The summed E-state index contributed by atoms with van der Waals surface area (Å²) in [5, 5.41) is 16.8. The molecule has 7 N–H and O–H groups in total. The number of aliphatic hydroxyl groups excluding tert-OH is 1. The van der Waals surface area contributed by atoms with E-state index in [1.165, 1.54) is 9.80 Å². The summed E-state index contributed by atoms with van der Waals surface area (Å²) in [5.74, 6) is -2.52. The average Bonchev–Trinajstić information content (AvgIpc) is 3.99. The van der Waals surface area contributed by atoms with Crippen LogP contribution in [0.15, 0.2) is 72.2 Å². The average molecular weight is 920 g/mol. The maximum Gasteiger partial charge on any atom is 0.244 e. The van der Waals surface area contributed by atoms with Gasteiger partial charge in [-0.05, 0) is 78.5 Å². The molecule has 0 aliphatic carbocycles. The lowest BCUT2D eigenvalue weighted by atomic mass is 9.76. The second-order valence-electron chi connectivity index (χ2n) is 19.0. The number of anilines is 1. The Balaban J connectivity index is 0.968. The highest BCUT2D eigenvalue weighted by atomic mass is 32.1. The molecule has 7 rings (SSSR count). The Morgan fingerprint density at radius 2 is 1.70 bits per heavy atom. The lowest BCUT2D eigenvalue weighted by Gasteiger charge is -2.35. The van der Waals surface area contributed by atoms with Crippen LogP contribution < -0.4 is 31.7 Å². The predicted molar refractivity (Wildman–Crippen MR) is 251 cm³/mol. The number of likely N-dealkylation sites (tertiary alicyclic amines) is 1. The molecule has 4 aromatic rings. The molecule has 66 heavy (non-hydrogen) atoms. The van der Waals surface area contributed by atoms with Gasteiger partial charge in [-0.2, -0.15) is 0 Å². The standard InChI is InChI=1S/C50H61N7O8S/c1-28(31-12-14-33(15-13-31)45-29(2)53-27-66-45)54-46(61)41-24-37(59)25-56(41)48(63)39(50(3,4)5)23-36(58)20-30-8-6-11-38(21-30)65-26-35(17-19-43(52)60)55-47(62)42-22-34-10-7-9-32-16-18-40(51)49(64)57(42)44(32)34/h6-15,21,27-28,35,37,39-42,59H,16-20,22-26,51H2,1-5H3,(H2,52,60)(H,54,61)(H,55,62)/t28-,35-,37+,39+,40-,41-,42-/m0/s1. The van der Waals surface area contributed by atoms with Crippen molar-refractivity contribution in [3.8, 4) is 16.2 Å². The molecule has 15 nitrogen and oxygen atoms in total. The van der Waals surface area contributed by atoms with Gasteiger partial charge in [0.2, 0.25) is 29.5 Å². The molecule has 0 saturated carbocycles. The number of hydrogen-bond donors (Lipinski definition) is 5. The molecule has 3 aromatic carbocycles. The number of ketones is 1. The number of amides is 5. The first-order valence-corrected chi connectivity index (χ1v) is 23.6. The molecule has 0 spiro atoms. The molecule has 0 unspecified atom stereocenters. The van der Waals surface area contributed by atoms with Crippen LogP contribution in [0.25, 0.3) is 10.4 Å². The Morgan fingerprint density at radius 3 is 2.39 bits per heavy atom. The lowest BCUT2D eigenvalue weighted by molar-refractivity contribution is -0.146. The summed E-state index contributed by atoms with van der Waals surface area (Å²) in [6, 6.07) is 17.2. The molecule has 350 valence electrons. The van der Waals surface area contributed by atoms with Gasteiger partial charge in [0, 0.05) is 44.6 Å². The van der Waals surface area contributed by atoms with E-state index in [9.17, 15) is 33.9 Å². The van der Waals surface area contributed by atoms with Crippen LogP contribution in [-0.2, 0) is 48.0 Å². The van der Waals surface area contributed by atoms with Gasteiger partial charge in [0.15, 0.2) is 0 Å². The smallest absolute Gasteiger partial charge is 0.244 e. The Labute approximate surface area is 389 Å². The zero-order valence-electron chi connectivity index (χ0n) is 38.3. The van der Waals surface area contributed by atoms with Crippen molar-refractivity contribution in [3.63, 3.8) is 0 Å². The SMILES string of the molecule is Cc1ncsc1-c1ccc([C@H](C)NC(=O)[C@@H]2C[C@@H](O)CN2C(=O)[C@@H](CC(=O)Cc2cccc(OC[C@H](CCC(N)=O)NC(=O)[C@@H]3Cc4cccc5c4N3C(=O)[C@@H](N)CC5)c2)C(C)(C)C)cc1. The number of hydrogen-bond acceptors (Lipinski definition) is 11. The van der Waals surface area contributed by atoms with Crippen molar-refractivity contribution in [3.05, 3.63) is 100 Å². The maximum atomic E-state index is 14.4. The molecule has 1 fully saturated rings. The number of carbonyl (C=O) groups excluding carboxylic acids is 6. The fourth-order valence-corrected chi connectivity index (χ4v) is 10.1. The number of rotatable bonds is 17. The Hall–Kier alpha value is -5.97. The highest BCUT2D eigenvalue weighted by Crippen LogP contribution is 2.39. The van der Waals surface area contributed by atoms with Crippen LogP contribution in [0.3, 0.4) is 0 Å². The van der Waals surface area contributed by atoms with E-state index in [1.807, 2.05) is 82.6 Å². The molecule has 7 atom stereocenters. The number of nitrogens with one attached hydrogen (secondary N) is 2. The second-order valence-corrected chi connectivity index (χ2v) is 19.9. The number of nitrogens with two attached hydrogens (primary N) is 2. The molecule has 0 bridgehead atoms. The van der Waals surface area contributed by atoms with Crippen LogP contribution in [0.1, 0.15) is 93.8 Å². The summed E-state index contributed by atoms with van der Waals surface area (Å²) >= 11 is 1.57. The van der Waals surface area contributed by atoms with Crippen molar-refractivity contribution >= 4 is 52.3 Å². The fraction of sp³-hybridized carbons (Fsp3) is 0.460. The van der Waals surface area contributed by atoms with E-state index in [4.69, 9.17) is 16.2 Å². The molecule has 3 aliphatic rings. The third-order valence-electron chi connectivity index (χ3n) is 13.0. The van der Waals surface area contributed by atoms with Crippen molar-refractivity contribution in [2.75, 3.05) is 18.1 Å². The number of thiazole rings is 1. The molecule has 1 saturated heterocycles. The lowest BCUT2D eigenvalue weighted by Crippen LogP contribution is -2.54. The summed E-state index contributed by atoms with van der Waals surface area (Å²) in [7, 11) is 0. The summed E-state index contributed by atoms with van der Waals surface area (Å²) in [4.78, 5) is 89.5. The van der Waals surface area contributed by atoms with Crippen LogP contribution in [0.2, 0.25) is 0 Å². The number of benzene rings is 3. The number of aryl methyl sites for hydroxylation is 2. The van der Waals surface area contributed by atoms with Gasteiger partial charge in [-0.15, -0.1) is 11.3 Å².